The first-order valence-corrected chi connectivity index (χ1v) is 6.48. The second kappa shape index (κ2) is 5.36. The van der Waals surface area contributed by atoms with E-state index in [9.17, 15) is 0 Å². The standard InChI is InChI=1S/C8H16S2/c1-9-7-10-8-5-3-2-4-6-8/h8H,2-7H2,1H3. The van der Waals surface area contributed by atoms with Crippen LogP contribution in [0.25, 0.3) is 0 Å². The lowest BCUT2D eigenvalue weighted by Gasteiger charge is -2.20. The fraction of sp³-hybridized carbons (Fsp3) is 1.00. The highest BCUT2D eigenvalue weighted by Crippen LogP contribution is 2.29. The highest BCUT2D eigenvalue weighted by atomic mass is 32.2. The van der Waals surface area contributed by atoms with Gasteiger partial charge in [0, 0.05) is 10.3 Å². The van der Waals surface area contributed by atoms with Crippen LogP contribution >= 0.6 is 23.5 Å². The Balaban J connectivity index is 2.02. The Labute approximate surface area is 72.5 Å². The minimum Gasteiger partial charge on any atom is -0.154 e. The van der Waals surface area contributed by atoms with Crippen LogP contribution in [0.15, 0.2) is 0 Å². The van der Waals surface area contributed by atoms with Gasteiger partial charge in [0.2, 0.25) is 0 Å². The van der Waals surface area contributed by atoms with Gasteiger partial charge in [-0.1, -0.05) is 19.3 Å². The summed E-state index contributed by atoms with van der Waals surface area (Å²) < 4.78 is 0. The van der Waals surface area contributed by atoms with E-state index in [1.165, 1.54) is 37.2 Å². The molecule has 0 heterocycles. The summed E-state index contributed by atoms with van der Waals surface area (Å²) in [5.41, 5.74) is 0. The van der Waals surface area contributed by atoms with E-state index in [1.807, 2.05) is 11.8 Å². The van der Waals surface area contributed by atoms with Crippen molar-refractivity contribution >= 4 is 23.5 Å². The molecule has 0 bridgehead atoms. The van der Waals surface area contributed by atoms with Crippen LogP contribution in [0.3, 0.4) is 0 Å². The summed E-state index contributed by atoms with van der Waals surface area (Å²) in [6.07, 6.45) is 9.58. The molecule has 1 fully saturated rings. The Kier molecular flexibility index (Phi) is 4.72. The van der Waals surface area contributed by atoms with Crippen LogP contribution in [0.1, 0.15) is 32.1 Å². The van der Waals surface area contributed by atoms with Crippen LogP contribution in [-0.2, 0) is 0 Å². The molecular formula is C8H16S2. The molecule has 1 saturated carbocycles. The molecule has 0 aliphatic heterocycles. The van der Waals surface area contributed by atoms with Crippen LogP contribution in [0.2, 0.25) is 0 Å². The van der Waals surface area contributed by atoms with Gasteiger partial charge in [0.25, 0.3) is 0 Å². The van der Waals surface area contributed by atoms with Crippen molar-refractivity contribution in [2.24, 2.45) is 0 Å². The zero-order valence-electron chi connectivity index (χ0n) is 6.64. The van der Waals surface area contributed by atoms with Crippen LogP contribution in [-0.4, -0.2) is 16.6 Å². The summed E-state index contributed by atoms with van der Waals surface area (Å²) in [4.78, 5) is 0. The number of thioether (sulfide) groups is 2. The molecule has 1 aliphatic carbocycles. The SMILES string of the molecule is CSCSC1CCCCC1. The van der Waals surface area contributed by atoms with E-state index in [-0.39, 0.29) is 0 Å². The largest absolute Gasteiger partial charge is 0.154 e. The molecular weight excluding hydrogens is 160 g/mol. The Morgan fingerprint density at radius 2 is 1.90 bits per heavy atom. The third-order valence-electron chi connectivity index (χ3n) is 1.97. The van der Waals surface area contributed by atoms with Crippen LogP contribution in [0, 0.1) is 0 Å². The van der Waals surface area contributed by atoms with Crippen LogP contribution < -0.4 is 0 Å². The number of hydrogen-bond acceptors (Lipinski definition) is 2. The smallest absolute Gasteiger partial charge is 0.0392 e. The minimum absolute atomic E-state index is 1.00. The zero-order chi connectivity index (χ0) is 7.23. The van der Waals surface area contributed by atoms with E-state index < -0.39 is 0 Å². The van der Waals surface area contributed by atoms with Crippen molar-refractivity contribution in [2.45, 2.75) is 37.4 Å². The molecule has 0 amide bonds. The van der Waals surface area contributed by atoms with Gasteiger partial charge in [-0.3, -0.25) is 0 Å². The highest BCUT2D eigenvalue weighted by molar-refractivity contribution is 8.15. The molecule has 2 heteroatoms. The van der Waals surface area contributed by atoms with E-state index in [2.05, 4.69) is 18.0 Å². The second-order valence-corrected chi connectivity index (χ2v) is 5.35. The fourth-order valence-corrected chi connectivity index (χ4v) is 3.38. The number of rotatable bonds is 3. The van der Waals surface area contributed by atoms with E-state index in [0.717, 1.165) is 5.25 Å². The van der Waals surface area contributed by atoms with Crippen molar-refractivity contribution in [2.75, 3.05) is 11.3 Å². The van der Waals surface area contributed by atoms with Crippen molar-refractivity contribution in [3.8, 4) is 0 Å². The van der Waals surface area contributed by atoms with Gasteiger partial charge < -0.3 is 0 Å². The molecule has 10 heavy (non-hydrogen) atoms. The maximum Gasteiger partial charge on any atom is 0.0392 e. The molecule has 1 aliphatic rings. The van der Waals surface area contributed by atoms with Gasteiger partial charge in [0.15, 0.2) is 0 Å². The van der Waals surface area contributed by atoms with E-state index in [0.29, 0.717) is 0 Å². The molecule has 0 radical (unpaired) electrons. The number of hydrogen-bond donors (Lipinski definition) is 0. The molecule has 0 N–H and O–H groups in total. The van der Waals surface area contributed by atoms with Crippen molar-refractivity contribution in [1.29, 1.82) is 0 Å². The van der Waals surface area contributed by atoms with Gasteiger partial charge in [0.05, 0.1) is 0 Å². The molecule has 60 valence electrons. The molecule has 0 aromatic heterocycles. The average Bonchev–Trinajstić information content (AvgIpc) is 2.03. The van der Waals surface area contributed by atoms with Gasteiger partial charge in [-0.15, -0.1) is 11.8 Å². The van der Waals surface area contributed by atoms with Crippen LogP contribution in [0.4, 0.5) is 0 Å². The Morgan fingerprint density at radius 3 is 2.50 bits per heavy atom. The van der Waals surface area contributed by atoms with E-state index >= 15 is 0 Å². The minimum atomic E-state index is 1.00. The Hall–Kier alpha value is 0.700. The summed E-state index contributed by atoms with van der Waals surface area (Å²) in [6, 6.07) is 0. The van der Waals surface area contributed by atoms with E-state index in [1.54, 1.807) is 0 Å². The normalized spacial score (nSPS) is 21.3. The maximum absolute atomic E-state index is 2.19. The van der Waals surface area contributed by atoms with E-state index in [4.69, 9.17) is 0 Å². The summed E-state index contributed by atoms with van der Waals surface area (Å²) in [7, 11) is 0. The summed E-state index contributed by atoms with van der Waals surface area (Å²) in [5, 5.41) is 2.30. The Morgan fingerprint density at radius 1 is 1.20 bits per heavy atom. The zero-order valence-corrected chi connectivity index (χ0v) is 8.27. The molecule has 1 rings (SSSR count). The first-order chi connectivity index (χ1) is 4.93. The molecule has 0 unspecified atom stereocenters. The first kappa shape index (κ1) is 8.79. The lowest BCUT2D eigenvalue weighted by molar-refractivity contribution is 0.516. The van der Waals surface area contributed by atoms with Gasteiger partial charge in [-0.2, -0.15) is 11.8 Å². The van der Waals surface area contributed by atoms with Crippen molar-refractivity contribution in [3.05, 3.63) is 0 Å². The highest BCUT2D eigenvalue weighted by Gasteiger charge is 2.12. The molecule has 0 atom stereocenters. The van der Waals surface area contributed by atoms with Crippen molar-refractivity contribution < 1.29 is 0 Å². The molecule has 0 aromatic carbocycles. The summed E-state index contributed by atoms with van der Waals surface area (Å²) in [5.74, 6) is 0. The third-order valence-corrected chi connectivity index (χ3v) is 4.40. The van der Waals surface area contributed by atoms with Gasteiger partial charge in [-0.25, -0.2) is 0 Å². The predicted octanol–water partition coefficient (Wildman–Crippen LogP) is 3.37. The fourth-order valence-electron chi connectivity index (χ4n) is 1.40. The first-order valence-electron chi connectivity index (χ1n) is 4.04. The maximum atomic E-state index is 2.19. The lowest BCUT2D eigenvalue weighted by atomic mass is 10.0. The topological polar surface area (TPSA) is 0 Å². The average molecular weight is 176 g/mol. The third kappa shape index (κ3) is 3.20. The van der Waals surface area contributed by atoms with Crippen LogP contribution in [0.5, 0.6) is 0 Å². The quantitative estimate of drug-likeness (QED) is 0.605. The molecule has 0 nitrogen and oxygen atoms in total. The molecule has 0 spiro atoms. The lowest BCUT2D eigenvalue weighted by Crippen LogP contribution is -2.07. The summed E-state index contributed by atoms with van der Waals surface area (Å²) >= 11 is 4.12. The van der Waals surface area contributed by atoms with Gasteiger partial charge in [-0.05, 0) is 19.1 Å². The monoisotopic (exact) mass is 176 g/mol. The van der Waals surface area contributed by atoms with Gasteiger partial charge in [0.1, 0.15) is 0 Å². The van der Waals surface area contributed by atoms with Crippen molar-refractivity contribution in [3.63, 3.8) is 0 Å². The molecule has 0 saturated heterocycles. The summed E-state index contributed by atoms with van der Waals surface area (Å²) in [6.45, 7) is 0. The Bertz CT molecular complexity index is 77.3. The molecule has 0 aromatic rings. The van der Waals surface area contributed by atoms with Gasteiger partial charge >= 0.3 is 0 Å². The second-order valence-electron chi connectivity index (χ2n) is 2.83. The predicted molar refractivity (Wildman–Crippen MR) is 52.8 cm³/mol. The van der Waals surface area contributed by atoms with Crippen molar-refractivity contribution in [1.82, 2.24) is 0 Å².